The van der Waals surface area contributed by atoms with Crippen LogP contribution in [0.25, 0.3) is 0 Å². The van der Waals surface area contributed by atoms with Crippen molar-refractivity contribution in [3.05, 3.63) is 52.2 Å². The molecule has 0 radical (unpaired) electrons. The minimum Gasteiger partial charge on any atom is -0.488 e. The van der Waals surface area contributed by atoms with E-state index in [2.05, 4.69) is 22.9 Å². The number of alkyl halides is 2. The number of carbonyl (C=O) groups is 1. The van der Waals surface area contributed by atoms with Crippen molar-refractivity contribution in [2.24, 2.45) is 0 Å². The van der Waals surface area contributed by atoms with Gasteiger partial charge in [-0.3, -0.25) is 0 Å². The van der Waals surface area contributed by atoms with Gasteiger partial charge in [0, 0.05) is 4.88 Å². The average molecular weight is 401 g/mol. The maximum atomic E-state index is 11.4. The molecule has 1 heterocycles. The molecule has 0 fully saturated rings. The lowest BCUT2D eigenvalue weighted by Crippen LogP contribution is -2.27. The first-order valence-electron chi connectivity index (χ1n) is 8.21. The first-order valence-corrected chi connectivity index (χ1v) is 9.85. The predicted octanol–water partition coefficient (Wildman–Crippen LogP) is 5.78. The van der Waals surface area contributed by atoms with Gasteiger partial charge in [-0.2, -0.15) is 0 Å². The van der Waals surface area contributed by atoms with Crippen LogP contribution in [0.2, 0.25) is 0 Å². The van der Waals surface area contributed by atoms with Crippen molar-refractivity contribution in [2.75, 3.05) is 7.11 Å². The number of thiophene rings is 1. The van der Waals surface area contributed by atoms with Crippen molar-refractivity contribution in [3.63, 3.8) is 0 Å². The second kappa shape index (κ2) is 10.0. The second-order valence-electron chi connectivity index (χ2n) is 5.77. The lowest BCUT2D eigenvalue weighted by Gasteiger charge is -2.16. The summed E-state index contributed by atoms with van der Waals surface area (Å²) in [5.74, 6) is 0.290. The van der Waals surface area contributed by atoms with Gasteiger partial charge in [0.1, 0.15) is 12.4 Å². The van der Waals surface area contributed by atoms with Crippen molar-refractivity contribution in [1.82, 2.24) is 0 Å². The minimum atomic E-state index is -1.43. The van der Waals surface area contributed by atoms with Gasteiger partial charge >= 0.3 is 5.97 Å². The SMILES string of the molecule is COC(=O)C(Cl)(Cl)CCCCCc1ccc(OCc2cccs2)cc1. The van der Waals surface area contributed by atoms with E-state index in [0.717, 1.165) is 31.4 Å². The Hall–Kier alpha value is -1.23. The molecular formula is C19H22Cl2O3S. The number of hydrogen-bond acceptors (Lipinski definition) is 4. The van der Waals surface area contributed by atoms with Crippen LogP contribution in [0.4, 0.5) is 0 Å². The first kappa shape index (κ1) is 20.1. The molecule has 1 aromatic heterocycles. The van der Waals surface area contributed by atoms with E-state index in [1.54, 1.807) is 11.3 Å². The van der Waals surface area contributed by atoms with Crippen molar-refractivity contribution in [3.8, 4) is 5.75 Å². The fraction of sp³-hybridized carbons (Fsp3) is 0.421. The standard InChI is InChI=1S/C19H22Cl2O3S/c1-23-18(22)19(20,21)12-4-2-3-6-15-8-10-16(11-9-15)24-14-17-7-5-13-25-17/h5,7-11,13H,2-4,6,12,14H2,1H3. The summed E-state index contributed by atoms with van der Waals surface area (Å²) in [4.78, 5) is 12.6. The van der Waals surface area contributed by atoms with Gasteiger partial charge in [-0.15, -0.1) is 11.3 Å². The van der Waals surface area contributed by atoms with Crippen molar-refractivity contribution in [2.45, 2.75) is 43.0 Å². The minimum absolute atomic E-state index is 0.401. The highest BCUT2D eigenvalue weighted by molar-refractivity contribution is 7.09. The molecule has 0 aliphatic carbocycles. The third-order valence-electron chi connectivity index (χ3n) is 3.82. The number of benzene rings is 1. The Morgan fingerprint density at radius 1 is 1.12 bits per heavy atom. The summed E-state index contributed by atoms with van der Waals surface area (Å²) in [6.45, 7) is 0.607. The molecule has 0 saturated heterocycles. The molecule has 136 valence electrons. The zero-order valence-corrected chi connectivity index (χ0v) is 16.5. The molecule has 2 aromatic rings. The second-order valence-corrected chi connectivity index (χ2v) is 8.28. The molecular weight excluding hydrogens is 379 g/mol. The first-order chi connectivity index (χ1) is 12.0. The largest absolute Gasteiger partial charge is 0.488 e. The predicted molar refractivity (Wildman–Crippen MR) is 104 cm³/mol. The number of hydrogen-bond donors (Lipinski definition) is 0. The van der Waals surface area contributed by atoms with E-state index in [4.69, 9.17) is 27.9 Å². The van der Waals surface area contributed by atoms with E-state index in [1.807, 2.05) is 23.6 Å². The molecule has 0 amide bonds. The Kier molecular flexibility index (Phi) is 8.07. The van der Waals surface area contributed by atoms with Gasteiger partial charge < -0.3 is 9.47 Å². The molecule has 0 atom stereocenters. The normalized spacial score (nSPS) is 11.3. The number of carbonyl (C=O) groups excluding carboxylic acids is 1. The Labute approximate surface area is 162 Å². The number of aryl methyl sites for hydroxylation is 1. The number of ether oxygens (including phenoxy) is 2. The molecule has 0 aliphatic rings. The molecule has 0 bridgehead atoms. The van der Waals surface area contributed by atoms with E-state index in [1.165, 1.54) is 17.6 Å². The zero-order valence-electron chi connectivity index (χ0n) is 14.2. The molecule has 3 nitrogen and oxygen atoms in total. The third kappa shape index (κ3) is 6.89. The fourth-order valence-corrected chi connectivity index (χ4v) is 3.44. The van der Waals surface area contributed by atoms with Crippen LogP contribution < -0.4 is 4.74 Å². The molecule has 6 heteroatoms. The van der Waals surface area contributed by atoms with Crippen molar-refractivity contribution >= 4 is 40.5 Å². The van der Waals surface area contributed by atoms with Gasteiger partial charge in [0.25, 0.3) is 0 Å². The van der Waals surface area contributed by atoms with Gasteiger partial charge in [-0.05, 0) is 54.8 Å². The summed E-state index contributed by atoms with van der Waals surface area (Å²) in [6, 6.07) is 12.3. The Balaban J connectivity index is 1.65. The van der Waals surface area contributed by atoms with Gasteiger partial charge in [0.05, 0.1) is 7.11 Å². The lowest BCUT2D eigenvalue weighted by atomic mass is 10.1. The fourth-order valence-electron chi connectivity index (χ4n) is 2.41. The molecule has 1 aromatic carbocycles. The van der Waals surface area contributed by atoms with E-state index in [0.29, 0.717) is 13.0 Å². The summed E-state index contributed by atoms with van der Waals surface area (Å²) in [7, 11) is 1.29. The van der Waals surface area contributed by atoms with Gasteiger partial charge in [-0.25, -0.2) is 4.79 Å². The Bertz CT molecular complexity index is 639. The Morgan fingerprint density at radius 3 is 2.52 bits per heavy atom. The van der Waals surface area contributed by atoms with Crippen molar-refractivity contribution < 1.29 is 14.3 Å². The summed E-state index contributed by atoms with van der Waals surface area (Å²) in [5, 5.41) is 2.05. The van der Waals surface area contributed by atoms with Gasteiger partial charge in [0.2, 0.25) is 4.33 Å². The van der Waals surface area contributed by atoms with Crippen LogP contribution >= 0.6 is 34.5 Å². The number of esters is 1. The van der Waals surface area contributed by atoms with Crippen LogP contribution in [0.5, 0.6) is 5.75 Å². The quantitative estimate of drug-likeness (QED) is 0.288. The molecule has 0 unspecified atom stereocenters. The highest BCUT2D eigenvalue weighted by Gasteiger charge is 2.33. The van der Waals surface area contributed by atoms with E-state index < -0.39 is 10.3 Å². The molecule has 0 saturated carbocycles. The van der Waals surface area contributed by atoms with Gasteiger partial charge in [0.15, 0.2) is 0 Å². The van der Waals surface area contributed by atoms with Crippen LogP contribution in [0, 0.1) is 0 Å². The maximum absolute atomic E-state index is 11.4. The summed E-state index contributed by atoms with van der Waals surface area (Å²) in [6.07, 6.45) is 4.12. The molecule has 0 aliphatic heterocycles. The molecule has 2 rings (SSSR count). The summed E-state index contributed by atoms with van der Waals surface area (Å²) in [5.41, 5.74) is 1.26. The summed E-state index contributed by atoms with van der Waals surface area (Å²) >= 11 is 13.6. The maximum Gasteiger partial charge on any atom is 0.342 e. The van der Waals surface area contributed by atoms with Gasteiger partial charge in [-0.1, -0.05) is 47.8 Å². The number of halogens is 2. The highest BCUT2D eigenvalue weighted by Crippen LogP contribution is 2.29. The topological polar surface area (TPSA) is 35.5 Å². The number of unbranched alkanes of at least 4 members (excludes halogenated alkanes) is 2. The molecule has 0 spiro atoms. The van der Waals surface area contributed by atoms with Crippen LogP contribution in [0.1, 0.15) is 36.1 Å². The van der Waals surface area contributed by atoms with E-state index >= 15 is 0 Å². The van der Waals surface area contributed by atoms with Crippen LogP contribution in [0.15, 0.2) is 41.8 Å². The van der Waals surface area contributed by atoms with E-state index in [-0.39, 0.29) is 0 Å². The smallest absolute Gasteiger partial charge is 0.342 e. The average Bonchev–Trinajstić information content (AvgIpc) is 3.13. The molecule has 25 heavy (non-hydrogen) atoms. The van der Waals surface area contributed by atoms with Crippen LogP contribution in [0.3, 0.4) is 0 Å². The van der Waals surface area contributed by atoms with Crippen LogP contribution in [-0.2, 0) is 22.6 Å². The monoisotopic (exact) mass is 400 g/mol. The highest BCUT2D eigenvalue weighted by atomic mass is 35.5. The van der Waals surface area contributed by atoms with Crippen molar-refractivity contribution in [1.29, 1.82) is 0 Å². The van der Waals surface area contributed by atoms with E-state index in [9.17, 15) is 4.79 Å². The Morgan fingerprint density at radius 2 is 1.88 bits per heavy atom. The third-order valence-corrected chi connectivity index (χ3v) is 5.36. The zero-order chi connectivity index (χ0) is 18.1. The summed E-state index contributed by atoms with van der Waals surface area (Å²) < 4.78 is 8.90. The molecule has 0 N–H and O–H groups in total. The van der Waals surface area contributed by atoms with Crippen LogP contribution in [-0.4, -0.2) is 17.4 Å². The number of rotatable bonds is 10. The number of methoxy groups -OCH3 is 1. The lowest BCUT2D eigenvalue weighted by molar-refractivity contribution is -0.141.